The van der Waals surface area contributed by atoms with Crippen molar-refractivity contribution in [1.82, 2.24) is 15.1 Å². The van der Waals surface area contributed by atoms with E-state index in [1.807, 2.05) is 20.8 Å². The first-order valence-corrected chi connectivity index (χ1v) is 6.68. The van der Waals surface area contributed by atoms with Crippen LogP contribution in [0.2, 0.25) is 5.02 Å². The van der Waals surface area contributed by atoms with Gasteiger partial charge in [0, 0.05) is 13.0 Å². The fraction of sp³-hybridized carbons (Fsp3) is 0.750. The van der Waals surface area contributed by atoms with Gasteiger partial charge < -0.3 is 5.32 Å². The van der Waals surface area contributed by atoms with Crippen molar-refractivity contribution in [1.29, 1.82) is 0 Å². The smallest absolute Gasteiger partial charge is 0.254 e. The highest BCUT2D eigenvalue weighted by Crippen LogP contribution is 2.24. The molecule has 1 aromatic heterocycles. The fourth-order valence-corrected chi connectivity index (χ4v) is 2.28. The number of likely N-dealkylation sites (N-methyl/N-ethyl adjacent to an activating group) is 1. The number of nitrogens with zero attached hydrogens (tertiary/aromatic N) is 2. The number of aromatic nitrogens is 2. The highest BCUT2D eigenvalue weighted by atomic mass is 35.5. The molecule has 0 amide bonds. The molecule has 0 aliphatic rings. The van der Waals surface area contributed by atoms with Crippen LogP contribution in [0.1, 0.15) is 32.2 Å². The summed E-state index contributed by atoms with van der Waals surface area (Å²) in [5, 5.41) is 7.65. The largest absolute Gasteiger partial charge is 0.309 e. The Morgan fingerprint density at radius 1 is 1.33 bits per heavy atom. The van der Waals surface area contributed by atoms with Gasteiger partial charge >= 0.3 is 0 Å². The molecule has 0 saturated carbocycles. The molecule has 1 unspecified atom stereocenters. The maximum absolute atomic E-state index is 12.9. The predicted molar refractivity (Wildman–Crippen MR) is 69.5 cm³/mol. The summed E-state index contributed by atoms with van der Waals surface area (Å²) >= 11 is 6.20. The summed E-state index contributed by atoms with van der Waals surface area (Å²) in [5.41, 5.74) is 1.47. The third-order valence-corrected chi connectivity index (χ3v) is 3.31. The number of halogens is 3. The number of hydrogen-bond donors (Lipinski definition) is 1. The van der Waals surface area contributed by atoms with Crippen LogP contribution in [-0.4, -0.2) is 28.8 Å². The van der Waals surface area contributed by atoms with Crippen LogP contribution in [-0.2, 0) is 19.4 Å². The van der Waals surface area contributed by atoms with Gasteiger partial charge in [-0.2, -0.15) is 5.10 Å². The van der Waals surface area contributed by atoms with E-state index in [0.29, 0.717) is 30.2 Å². The lowest BCUT2D eigenvalue weighted by molar-refractivity contribution is 0.0981. The van der Waals surface area contributed by atoms with E-state index in [-0.39, 0.29) is 6.42 Å². The van der Waals surface area contributed by atoms with Gasteiger partial charge in [0.15, 0.2) is 0 Å². The van der Waals surface area contributed by atoms with Gasteiger partial charge in [-0.05, 0) is 19.9 Å². The normalized spacial score (nSPS) is 13.3. The lowest BCUT2D eigenvalue weighted by atomic mass is 10.1. The number of nitrogens with one attached hydrogen (secondary N) is 1. The monoisotopic (exact) mass is 279 g/mol. The molecule has 0 radical (unpaired) electrons. The van der Waals surface area contributed by atoms with E-state index in [2.05, 4.69) is 10.4 Å². The molecule has 0 aliphatic heterocycles. The molecule has 1 heterocycles. The lowest BCUT2D eigenvalue weighted by Crippen LogP contribution is -2.38. The highest BCUT2D eigenvalue weighted by Gasteiger charge is 2.24. The first-order valence-electron chi connectivity index (χ1n) is 6.30. The summed E-state index contributed by atoms with van der Waals surface area (Å²) in [6.45, 7) is 6.83. The average molecular weight is 280 g/mol. The van der Waals surface area contributed by atoms with Crippen LogP contribution in [0, 0.1) is 0 Å². The zero-order valence-electron chi connectivity index (χ0n) is 11.0. The van der Waals surface area contributed by atoms with Crippen LogP contribution >= 0.6 is 11.6 Å². The van der Waals surface area contributed by atoms with Crippen LogP contribution in [0.25, 0.3) is 0 Å². The van der Waals surface area contributed by atoms with E-state index in [1.54, 1.807) is 4.68 Å². The third-order valence-electron chi connectivity index (χ3n) is 2.88. The van der Waals surface area contributed by atoms with E-state index in [0.717, 1.165) is 5.69 Å². The molecule has 0 saturated heterocycles. The van der Waals surface area contributed by atoms with Gasteiger partial charge in [-0.1, -0.05) is 25.4 Å². The van der Waals surface area contributed by atoms with E-state index < -0.39 is 12.5 Å². The molecule has 18 heavy (non-hydrogen) atoms. The van der Waals surface area contributed by atoms with Crippen molar-refractivity contribution >= 4 is 11.6 Å². The molecular formula is C12H20ClF2N3. The van der Waals surface area contributed by atoms with Crippen LogP contribution in [0.15, 0.2) is 0 Å². The highest BCUT2D eigenvalue weighted by molar-refractivity contribution is 6.31. The van der Waals surface area contributed by atoms with E-state index in [1.165, 1.54) is 0 Å². The standard InChI is InChI=1S/C12H20ClF2N3/c1-4-8-11(13)10(18(6-3)17-8)7-9(12(14)15)16-5-2/h9,12,16H,4-7H2,1-3H3. The third kappa shape index (κ3) is 3.42. The second-order valence-corrected chi connectivity index (χ2v) is 4.46. The van der Waals surface area contributed by atoms with E-state index >= 15 is 0 Å². The number of alkyl halides is 2. The molecular weight excluding hydrogens is 260 g/mol. The SMILES string of the molecule is CCNC(Cc1c(Cl)c(CC)nn1CC)C(F)F. The van der Waals surface area contributed by atoms with Gasteiger partial charge in [0.25, 0.3) is 6.43 Å². The minimum Gasteiger partial charge on any atom is -0.309 e. The second kappa shape index (κ2) is 7.04. The molecule has 1 atom stereocenters. The van der Waals surface area contributed by atoms with Crippen molar-refractivity contribution in [2.24, 2.45) is 0 Å². The summed E-state index contributed by atoms with van der Waals surface area (Å²) in [6.07, 6.45) is -1.50. The summed E-state index contributed by atoms with van der Waals surface area (Å²) < 4.78 is 27.5. The molecule has 0 aromatic carbocycles. The van der Waals surface area contributed by atoms with Crippen molar-refractivity contribution in [2.75, 3.05) is 6.54 Å². The van der Waals surface area contributed by atoms with Gasteiger partial charge in [0.2, 0.25) is 0 Å². The van der Waals surface area contributed by atoms with Gasteiger partial charge in [0.05, 0.1) is 22.5 Å². The summed E-state index contributed by atoms with van der Waals surface area (Å²) in [5.74, 6) is 0. The molecule has 0 spiro atoms. The number of aryl methyl sites for hydroxylation is 2. The first-order chi connectivity index (χ1) is 8.54. The molecule has 1 rings (SSSR count). The van der Waals surface area contributed by atoms with E-state index in [9.17, 15) is 8.78 Å². The Morgan fingerprint density at radius 3 is 2.44 bits per heavy atom. The Labute approximate surface area is 112 Å². The molecule has 1 N–H and O–H groups in total. The molecule has 3 nitrogen and oxygen atoms in total. The maximum atomic E-state index is 12.9. The summed E-state index contributed by atoms with van der Waals surface area (Å²) in [4.78, 5) is 0. The maximum Gasteiger partial charge on any atom is 0.254 e. The Morgan fingerprint density at radius 2 is 2.00 bits per heavy atom. The van der Waals surface area contributed by atoms with Gasteiger partial charge in [-0.3, -0.25) is 4.68 Å². The zero-order chi connectivity index (χ0) is 13.7. The molecule has 0 fully saturated rings. The molecule has 0 aliphatic carbocycles. The molecule has 104 valence electrons. The van der Waals surface area contributed by atoms with Gasteiger partial charge in [0.1, 0.15) is 0 Å². The zero-order valence-corrected chi connectivity index (χ0v) is 11.8. The van der Waals surface area contributed by atoms with Crippen molar-refractivity contribution < 1.29 is 8.78 Å². The molecule has 0 bridgehead atoms. The number of hydrogen-bond acceptors (Lipinski definition) is 2. The second-order valence-electron chi connectivity index (χ2n) is 4.08. The Kier molecular flexibility index (Phi) is 6.02. The minimum absolute atomic E-state index is 0.200. The van der Waals surface area contributed by atoms with Crippen LogP contribution in [0.3, 0.4) is 0 Å². The summed E-state index contributed by atoms with van der Waals surface area (Å²) in [6, 6.07) is -0.876. The first kappa shape index (κ1) is 15.4. The topological polar surface area (TPSA) is 29.9 Å². The summed E-state index contributed by atoms with van der Waals surface area (Å²) in [7, 11) is 0. The molecule has 1 aromatic rings. The molecule has 6 heteroatoms. The number of rotatable bonds is 7. The Bertz CT molecular complexity index is 380. The van der Waals surface area contributed by atoms with Crippen molar-refractivity contribution in [3.63, 3.8) is 0 Å². The Balaban J connectivity index is 2.96. The van der Waals surface area contributed by atoms with E-state index in [4.69, 9.17) is 11.6 Å². The fourth-order valence-electron chi connectivity index (χ4n) is 1.93. The van der Waals surface area contributed by atoms with Crippen LogP contribution in [0.4, 0.5) is 8.78 Å². The van der Waals surface area contributed by atoms with Crippen LogP contribution < -0.4 is 5.32 Å². The Hall–Kier alpha value is -0.680. The minimum atomic E-state index is -2.41. The van der Waals surface area contributed by atoms with Crippen molar-refractivity contribution in [3.05, 3.63) is 16.4 Å². The van der Waals surface area contributed by atoms with Crippen molar-refractivity contribution in [3.8, 4) is 0 Å². The predicted octanol–water partition coefficient (Wildman–Crippen LogP) is 2.90. The average Bonchev–Trinajstić information content (AvgIpc) is 2.65. The van der Waals surface area contributed by atoms with Gasteiger partial charge in [-0.15, -0.1) is 0 Å². The lowest BCUT2D eigenvalue weighted by Gasteiger charge is -2.17. The van der Waals surface area contributed by atoms with Crippen molar-refractivity contribution in [2.45, 2.75) is 52.6 Å². The van der Waals surface area contributed by atoms with Gasteiger partial charge in [-0.25, -0.2) is 8.78 Å². The van der Waals surface area contributed by atoms with Crippen LogP contribution in [0.5, 0.6) is 0 Å². The quantitative estimate of drug-likeness (QED) is 0.832.